The summed E-state index contributed by atoms with van der Waals surface area (Å²) in [5, 5.41) is 12.9. The molecule has 2 heterocycles. The Kier molecular flexibility index (Phi) is 2.36. The lowest BCUT2D eigenvalue weighted by Crippen LogP contribution is -2.12. The van der Waals surface area contributed by atoms with Crippen molar-refractivity contribution in [2.75, 3.05) is 5.32 Å². The van der Waals surface area contributed by atoms with Crippen molar-refractivity contribution in [1.29, 1.82) is 5.26 Å². The highest BCUT2D eigenvalue weighted by molar-refractivity contribution is 6.05. The van der Waals surface area contributed by atoms with E-state index in [2.05, 4.69) is 16.4 Å². The Hall–Kier alpha value is -3.06. The van der Waals surface area contributed by atoms with E-state index in [1.807, 2.05) is 36.4 Å². The molecule has 100 valence electrons. The number of nitrogens with one attached hydrogen (secondary N) is 2. The number of carbonyl (C=O) groups is 1. The molecule has 0 fully saturated rings. The minimum Gasteiger partial charge on any atom is -0.354 e. The van der Waals surface area contributed by atoms with Crippen LogP contribution in [0.3, 0.4) is 0 Å². The van der Waals surface area contributed by atoms with Crippen LogP contribution in [0.5, 0.6) is 0 Å². The van der Waals surface area contributed by atoms with Gasteiger partial charge in [-0.1, -0.05) is 18.2 Å². The van der Waals surface area contributed by atoms with Crippen LogP contribution in [0.2, 0.25) is 0 Å². The molecule has 1 amide bonds. The zero-order chi connectivity index (χ0) is 14.4. The van der Waals surface area contributed by atoms with Crippen LogP contribution in [0.4, 0.5) is 5.69 Å². The predicted octanol–water partition coefficient (Wildman–Crippen LogP) is 3.20. The van der Waals surface area contributed by atoms with E-state index in [-0.39, 0.29) is 5.91 Å². The van der Waals surface area contributed by atoms with E-state index in [0.29, 0.717) is 12.0 Å². The Balaban J connectivity index is 2.09. The van der Waals surface area contributed by atoms with Gasteiger partial charge in [0, 0.05) is 16.5 Å². The van der Waals surface area contributed by atoms with Crippen molar-refractivity contribution in [3.63, 3.8) is 0 Å². The Morgan fingerprint density at radius 2 is 2.00 bits per heavy atom. The first-order valence-electron chi connectivity index (χ1n) is 6.70. The van der Waals surface area contributed by atoms with Crippen molar-refractivity contribution in [3.05, 3.63) is 53.6 Å². The summed E-state index contributed by atoms with van der Waals surface area (Å²) < 4.78 is 0. The lowest BCUT2D eigenvalue weighted by Gasteiger charge is -2.05. The van der Waals surface area contributed by atoms with E-state index in [0.717, 1.165) is 33.4 Å². The van der Waals surface area contributed by atoms with Gasteiger partial charge >= 0.3 is 0 Å². The first-order valence-corrected chi connectivity index (χ1v) is 6.70. The molecule has 0 spiro atoms. The van der Waals surface area contributed by atoms with Crippen LogP contribution in [0.25, 0.3) is 22.2 Å². The number of fused-ring (bicyclic) bond motifs is 5. The highest BCUT2D eigenvalue weighted by Gasteiger charge is 2.22. The van der Waals surface area contributed by atoms with Gasteiger partial charge in [0.05, 0.1) is 29.4 Å². The molecule has 4 rings (SSSR count). The highest BCUT2D eigenvalue weighted by Crippen LogP contribution is 2.37. The summed E-state index contributed by atoms with van der Waals surface area (Å²) in [6, 6.07) is 15.4. The lowest BCUT2D eigenvalue weighted by molar-refractivity contribution is -0.115. The van der Waals surface area contributed by atoms with E-state index in [4.69, 9.17) is 5.26 Å². The van der Waals surface area contributed by atoms with Crippen molar-refractivity contribution in [1.82, 2.24) is 4.98 Å². The van der Waals surface area contributed by atoms with Crippen LogP contribution < -0.4 is 5.32 Å². The van der Waals surface area contributed by atoms with Gasteiger partial charge in [0.15, 0.2) is 0 Å². The normalized spacial score (nSPS) is 13.0. The fraction of sp³-hybridized carbons (Fsp3) is 0.0588. The minimum absolute atomic E-state index is 0.0375. The average molecular weight is 273 g/mol. The van der Waals surface area contributed by atoms with Gasteiger partial charge in [-0.15, -0.1) is 0 Å². The first-order chi connectivity index (χ1) is 10.3. The Labute approximate surface area is 121 Å². The summed E-state index contributed by atoms with van der Waals surface area (Å²) in [5.41, 5.74) is 5.24. The number of benzene rings is 2. The Morgan fingerprint density at radius 3 is 2.86 bits per heavy atom. The van der Waals surface area contributed by atoms with Crippen LogP contribution in [-0.2, 0) is 11.2 Å². The van der Waals surface area contributed by atoms with Gasteiger partial charge in [-0.25, -0.2) is 0 Å². The topological polar surface area (TPSA) is 68.7 Å². The smallest absolute Gasteiger partial charge is 0.228 e. The standard InChI is InChI=1S/C17H11N3O/c18-9-10-5-6-15-12(7-10)13-8-16(21)19-14-4-2-1-3-11(14)17(13)20-15/h1-7,20H,8H2,(H,19,21). The number of aromatic nitrogens is 1. The Morgan fingerprint density at radius 1 is 1.14 bits per heavy atom. The molecule has 4 heteroatoms. The number of anilines is 1. The summed E-state index contributed by atoms with van der Waals surface area (Å²) >= 11 is 0. The van der Waals surface area contributed by atoms with E-state index in [1.165, 1.54) is 0 Å². The van der Waals surface area contributed by atoms with Crippen molar-refractivity contribution < 1.29 is 4.79 Å². The molecule has 0 saturated heterocycles. The van der Waals surface area contributed by atoms with Crippen LogP contribution in [0.1, 0.15) is 11.1 Å². The molecule has 2 aromatic carbocycles. The summed E-state index contributed by atoms with van der Waals surface area (Å²) in [5.74, 6) is -0.0375. The molecule has 0 radical (unpaired) electrons. The average Bonchev–Trinajstić information content (AvgIpc) is 2.78. The lowest BCUT2D eigenvalue weighted by atomic mass is 10.0. The third-order valence-corrected chi connectivity index (χ3v) is 3.84. The molecule has 0 saturated carbocycles. The maximum atomic E-state index is 12.1. The molecule has 3 aromatic rings. The molecular formula is C17H11N3O. The number of hydrogen-bond donors (Lipinski definition) is 2. The van der Waals surface area contributed by atoms with Gasteiger partial charge in [0.2, 0.25) is 5.91 Å². The maximum Gasteiger partial charge on any atom is 0.228 e. The molecule has 0 bridgehead atoms. The number of nitriles is 1. The van der Waals surface area contributed by atoms with Gasteiger partial charge in [-0.2, -0.15) is 5.26 Å². The number of rotatable bonds is 0. The summed E-state index contributed by atoms with van der Waals surface area (Å²) in [6.45, 7) is 0. The second-order valence-corrected chi connectivity index (χ2v) is 5.12. The molecule has 4 nitrogen and oxygen atoms in total. The van der Waals surface area contributed by atoms with Gasteiger partial charge in [-0.05, 0) is 29.8 Å². The maximum absolute atomic E-state index is 12.1. The number of carbonyl (C=O) groups excluding carboxylic acids is 1. The number of para-hydroxylation sites is 1. The number of hydrogen-bond acceptors (Lipinski definition) is 2. The molecule has 0 aliphatic carbocycles. The number of amides is 1. The minimum atomic E-state index is -0.0375. The van der Waals surface area contributed by atoms with E-state index >= 15 is 0 Å². The molecular weight excluding hydrogens is 262 g/mol. The molecule has 1 aliphatic heterocycles. The van der Waals surface area contributed by atoms with E-state index in [9.17, 15) is 4.79 Å². The molecule has 0 unspecified atom stereocenters. The van der Waals surface area contributed by atoms with Crippen molar-refractivity contribution in [3.8, 4) is 17.3 Å². The molecule has 21 heavy (non-hydrogen) atoms. The van der Waals surface area contributed by atoms with E-state index < -0.39 is 0 Å². The highest BCUT2D eigenvalue weighted by atomic mass is 16.1. The van der Waals surface area contributed by atoms with Crippen molar-refractivity contribution >= 4 is 22.5 Å². The number of nitrogens with zero attached hydrogens (tertiary/aromatic N) is 1. The van der Waals surface area contributed by atoms with Gasteiger partial charge in [0.25, 0.3) is 0 Å². The van der Waals surface area contributed by atoms with Gasteiger partial charge < -0.3 is 10.3 Å². The van der Waals surface area contributed by atoms with Crippen LogP contribution in [0.15, 0.2) is 42.5 Å². The second kappa shape index (κ2) is 4.22. The SMILES string of the molecule is N#Cc1ccc2[nH]c3c(c2c1)CC(=O)Nc1ccccc1-3. The number of H-pyrrole nitrogens is 1. The first kappa shape index (κ1) is 11.7. The summed E-state index contributed by atoms with van der Waals surface area (Å²) in [4.78, 5) is 15.5. The van der Waals surface area contributed by atoms with Crippen molar-refractivity contribution in [2.24, 2.45) is 0 Å². The van der Waals surface area contributed by atoms with Crippen LogP contribution >= 0.6 is 0 Å². The fourth-order valence-electron chi connectivity index (χ4n) is 2.90. The molecule has 2 N–H and O–H groups in total. The third kappa shape index (κ3) is 1.72. The van der Waals surface area contributed by atoms with Gasteiger partial charge in [0.1, 0.15) is 0 Å². The predicted molar refractivity (Wildman–Crippen MR) is 80.8 cm³/mol. The molecule has 0 atom stereocenters. The Bertz CT molecular complexity index is 931. The fourth-order valence-corrected chi connectivity index (χ4v) is 2.90. The zero-order valence-corrected chi connectivity index (χ0v) is 11.1. The van der Waals surface area contributed by atoms with Crippen LogP contribution in [-0.4, -0.2) is 10.9 Å². The van der Waals surface area contributed by atoms with Gasteiger partial charge in [-0.3, -0.25) is 4.79 Å². The zero-order valence-electron chi connectivity index (χ0n) is 11.1. The van der Waals surface area contributed by atoms with Crippen LogP contribution in [0, 0.1) is 11.3 Å². The molecule has 1 aromatic heterocycles. The quantitative estimate of drug-likeness (QED) is 0.660. The summed E-state index contributed by atoms with van der Waals surface area (Å²) in [6.07, 6.45) is 0.304. The second-order valence-electron chi connectivity index (χ2n) is 5.12. The third-order valence-electron chi connectivity index (χ3n) is 3.84. The van der Waals surface area contributed by atoms with Crippen molar-refractivity contribution in [2.45, 2.75) is 6.42 Å². The molecule has 1 aliphatic rings. The monoisotopic (exact) mass is 273 g/mol. The largest absolute Gasteiger partial charge is 0.354 e. The van der Waals surface area contributed by atoms with E-state index in [1.54, 1.807) is 6.07 Å². The number of aromatic amines is 1. The summed E-state index contributed by atoms with van der Waals surface area (Å²) in [7, 11) is 0.